The predicted molar refractivity (Wildman–Crippen MR) is 144 cm³/mol. The van der Waals surface area contributed by atoms with Crippen LogP contribution in [-0.2, 0) is 22.6 Å². The Morgan fingerprint density at radius 3 is 2.41 bits per heavy atom. The highest BCUT2D eigenvalue weighted by Crippen LogP contribution is 2.15. The number of guanidine groups is 1. The summed E-state index contributed by atoms with van der Waals surface area (Å²) in [4.78, 5) is 9.54. The number of hydrogen-bond donors (Lipinski definition) is 2. The monoisotopic (exact) mass is 561 g/mol. The van der Waals surface area contributed by atoms with Crippen molar-refractivity contribution < 1.29 is 9.47 Å². The molecule has 0 saturated carbocycles. The van der Waals surface area contributed by atoms with E-state index in [2.05, 4.69) is 72.5 Å². The summed E-state index contributed by atoms with van der Waals surface area (Å²) in [6.07, 6.45) is 1.67. The Bertz CT molecular complexity index is 634. The van der Waals surface area contributed by atoms with Gasteiger partial charge in [0.2, 0.25) is 0 Å². The average molecular weight is 562 g/mol. The lowest BCUT2D eigenvalue weighted by molar-refractivity contribution is -0.0704. The van der Waals surface area contributed by atoms with Gasteiger partial charge in [-0.2, -0.15) is 0 Å². The second kappa shape index (κ2) is 16.6. The van der Waals surface area contributed by atoms with Gasteiger partial charge in [-0.3, -0.25) is 4.90 Å². The number of halogens is 1. The van der Waals surface area contributed by atoms with Gasteiger partial charge >= 0.3 is 0 Å². The fraction of sp³-hybridized carbons (Fsp3) is 0.708. The molecule has 32 heavy (non-hydrogen) atoms. The molecule has 0 aromatic heterocycles. The van der Waals surface area contributed by atoms with Gasteiger partial charge in [-0.05, 0) is 45.4 Å². The molecule has 7 nitrogen and oxygen atoms in total. The van der Waals surface area contributed by atoms with Gasteiger partial charge in [0.1, 0.15) is 0 Å². The van der Waals surface area contributed by atoms with Crippen LogP contribution in [0.5, 0.6) is 0 Å². The number of hydrogen-bond acceptors (Lipinski definition) is 5. The number of rotatable bonds is 12. The third-order valence-corrected chi connectivity index (χ3v) is 5.36. The molecule has 1 saturated heterocycles. The smallest absolute Gasteiger partial charge is 0.191 e. The van der Waals surface area contributed by atoms with Crippen LogP contribution in [0.25, 0.3) is 0 Å². The highest BCUT2D eigenvalue weighted by atomic mass is 127. The van der Waals surface area contributed by atoms with E-state index >= 15 is 0 Å². The molecule has 0 spiro atoms. The summed E-state index contributed by atoms with van der Waals surface area (Å²) >= 11 is 0. The van der Waals surface area contributed by atoms with E-state index in [0.29, 0.717) is 18.8 Å². The number of methoxy groups -OCH3 is 1. The average Bonchev–Trinajstić information content (AvgIpc) is 2.72. The minimum Gasteiger partial charge on any atom is -0.385 e. The molecule has 0 bridgehead atoms. The van der Waals surface area contributed by atoms with E-state index < -0.39 is 0 Å². The summed E-state index contributed by atoms with van der Waals surface area (Å²) in [5.41, 5.74) is 2.57. The Morgan fingerprint density at radius 1 is 1.12 bits per heavy atom. The van der Waals surface area contributed by atoms with E-state index in [4.69, 9.17) is 14.5 Å². The first-order valence-corrected chi connectivity index (χ1v) is 11.7. The molecule has 1 aromatic rings. The Hall–Kier alpha value is -0.940. The van der Waals surface area contributed by atoms with Crippen molar-refractivity contribution >= 4 is 29.9 Å². The largest absolute Gasteiger partial charge is 0.385 e. The first-order chi connectivity index (χ1) is 15.0. The normalized spacial score (nSPS) is 19.6. The van der Waals surface area contributed by atoms with Gasteiger partial charge in [-0.25, -0.2) is 4.99 Å². The van der Waals surface area contributed by atoms with E-state index in [9.17, 15) is 0 Å². The Labute approximate surface area is 212 Å². The first-order valence-electron chi connectivity index (χ1n) is 11.7. The standard InChI is InChI=1S/C24H43N5O2.HI/c1-6-25-24(26-12-14-28(4)13-7-15-30-5)27-16-22-8-10-23(11-9-22)19-29-17-20(2)31-21(3)18-29;/h8-11,20-21H,6-7,12-19H2,1-5H3,(H2,25,26,27);1H. The van der Waals surface area contributed by atoms with Crippen LogP contribution >= 0.6 is 24.0 Å². The van der Waals surface area contributed by atoms with E-state index in [1.807, 2.05) is 0 Å². The van der Waals surface area contributed by atoms with Gasteiger partial charge in [-0.1, -0.05) is 24.3 Å². The Morgan fingerprint density at radius 2 is 1.78 bits per heavy atom. The van der Waals surface area contributed by atoms with E-state index in [1.54, 1.807) is 7.11 Å². The van der Waals surface area contributed by atoms with Crippen LogP contribution in [0.4, 0.5) is 0 Å². The molecule has 2 rings (SSSR count). The third-order valence-electron chi connectivity index (χ3n) is 5.36. The molecule has 0 aliphatic carbocycles. The number of likely N-dealkylation sites (N-methyl/N-ethyl adjacent to an activating group) is 1. The number of benzene rings is 1. The summed E-state index contributed by atoms with van der Waals surface area (Å²) in [5.74, 6) is 0.869. The topological polar surface area (TPSA) is 61.4 Å². The number of nitrogens with one attached hydrogen (secondary N) is 2. The molecule has 8 heteroatoms. The fourth-order valence-electron chi connectivity index (χ4n) is 3.89. The van der Waals surface area contributed by atoms with Crippen molar-refractivity contribution in [2.24, 2.45) is 4.99 Å². The van der Waals surface area contributed by atoms with Crippen molar-refractivity contribution in [2.45, 2.75) is 52.5 Å². The van der Waals surface area contributed by atoms with Crippen LogP contribution in [0.1, 0.15) is 38.3 Å². The van der Waals surface area contributed by atoms with Crippen LogP contribution < -0.4 is 10.6 Å². The molecule has 1 aliphatic heterocycles. The molecule has 2 atom stereocenters. The molecule has 1 aromatic carbocycles. The molecule has 0 radical (unpaired) electrons. The maximum atomic E-state index is 5.83. The predicted octanol–water partition coefficient (Wildman–Crippen LogP) is 2.94. The minimum atomic E-state index is 0. The Kier molecular flexibility index (Phi) is 15.1. The van der Waals surface area contributed by atoms with Crippen molar-refractivity contribution in [1.82, 2.24) is 20.4 Å². The molecule has 1 heterocycles. The summed E-state index contributed by atoms with van der Waals surface area (Å²) in [6, 6.07) is 8.84. The van der Waals surface area contributed by atoms with Crippen LogP contribution in [0.3, 0.4) is 0 Å². The van der Waals surface area contributed by atoms with Crippen molar-refractivity contribution in [3.63, 3.8) is 0 Å². The van der Waals surface area contributed by atoms with E-state index in [1.165, 1.54) is 11.1 Å². The van der Waals surface area contributed by atoms with Gasteiger partial charge in [0, 0.05) is 59.5 Å². The highest BCUT2D eigenvalue weighted by molar-refractivity contribution is 14.0. The number of morpholine rings is 1. The molecule has 2 N–H and O–H groups in total. The van der Waals surface area contributed by atoms with Crippen molar-refractivity contribution in [2.75, 3.05) is 60.0 Å². The molecule has 0 amide bonds. The minimum absolute atomic E-state index is 0. The van der Waals surface area contributed by atoms with Crippen molar-refractivity contribution in [3.05, 3.63) is 35.4 Å². The van der Waals surface area contributed by atoms with Crippen molar-refractivity contribution in [3.8, 4) is 0 Å². The maximum Gasteiger partial charge on any atom is 0.191 e. The molecule has 1 aliphatic rings. The summed E-state index contributed by atoms with van der Waals surface area (Å²) in [7, 11) is 3.89. The second-order valence-corrected chi connectivity index (χ2v) is 8.54. The quantitative estimate of drug-likeness (QED) is 0.177. The summed E-state index contributed by atoms with van der Waals surface area (Å²) in [5, 5.41) is 6.77. The Balaban J connectivity index is 0.00000512. The van der Waals surface area contributed by atoms with Gasteiger partial charge in [0.15, 0.2) is 5.96 Å². The maximum absolute atomic E-state index is 5.83. The fourth-order valence-corrected chi connectivity index (χ4v) is 3.89. The van der Waals surface area contributed by atoms with Gasteiger partial charge < -0.3 is 25.0 Å². The first kappa shape index (κ1) is 29.1. The van der Waals surface area contributed by atoms with E-state index in [-0.39, 0.29) is 24.0 Å². The van der Waals surface area contributed by atoms with Gasteiger partial charge in [-0.15, -0.1) is 24.0 Å². The molecule has 184 valence electrons. The lowest BCUT2D eigenvalue weighted by Gasteiger charge is -2.35. The summed E-state index contributed by atoms with van der Waals surface area (Å²) < 4.78 is 11.0. The SMILES string of the molecule is CCNC(=NCc1ccc(CN2CC(C)OC(C)C2)cc1)NCCN(C)CCCOC.I. The number of aliphatic imine (C=N–C) groups is 1. The van der Waals surface area contributed by atoms with Crippen LogP contribution in [0.15, 0.2) is 29.3 Å². The molecule has 2 unspecified atom stereocenters. The number of nitrogens with zero attached hydrogens (tertiary/aromatic N) is 3. The zero-order valence-corrected chi connectivity index (χ0v) is 22.9. The van der Waals surface area contributed by atoms with Crippen LogP contribution in [0.2, 0.25) is 0 Å². The van der Waals surface area contributed by atoms with Crippen molar-refractivity contribution in [1.29, 1.82) is 0 Å². The van der Waals surface area contributed by atoms with Gasteiger partial charge in [0.25, 0.3) is 0 Å². The second-order valence-electron chi connectivity index (χ2n) is 8.54. The van der Waals surface area contributed by atoms with Gasteiger partial charge in [0.05, 0.1) is 18.8 Å². The number of ether oxygens (including phenoxy) is 2. The lowest BCUT2D eigenvalue weighted by Crippen LogP contribution is -2.44. The zero-order valence-electron chi connectivity index (χ0n) is 20.6. The highest BCUT2D eigenvalue weighted by Gasteiger charge is 2.21. The molecule has 1 fully saturated rings. The molecular formula is C24H44IN5O2. The third kappa shape index (κ3) is 11.8. The summed E-state index contributed by atoms with van der Waals surface area (Å²) in [6.45, 7) is 14.6. The van der Waals surface area contributed by atoms with Crippen LogP contribution in [0, 0.1) is 0 Å². The van der Waals surface area contributed by atoms with Crippen LogP contribution in [-0.4, -0.2) is 88.0 Å². The lowest BCUT2D eigenvalue weighted by atomic mass is 10.1. The zero-order chi connectivity index (χ0) is 22.5. The molecular weight excluding hydrogens is 517 g/mol. The van der Waals surface area contributed by atoms with E-state index in [0.717, 1.165) is 64.8 Å².